The Balaban J connectivity index is 1.58. The molecule has 7 nitrogen and oxygen atoms in total. The van der Waals surface area contributed by atoms with Crippen LogP contribution >= 0.6 is 0 Å². The zero-order valence-electron chi connectivity index (χ0n) is 18.4. The van der Waals surface area contributed by atoms with Gasteiger partial charge in [0.25, 0.3) is 0 Å². The summed E-state index contributed by atoms with van der Waals surface area (Å²) in [4.78, 5) is 19.6. The molecule has 2 N–H and O–H groups in total. The van der Waals surface area contributed by atoms with E-state index in [1.165, 1.54) is 12.8 Å². The molecule has 0 radical (unpaired) electrons. The summed E-state index contributed by atoms with van der Waals surface area (Å²) in [6.07, 6.45) is 6.34. The molecule has 0 unspecified atom stereocenters. The summed E-state index contributed by atoms with van der Waals surface area (Å²) in [5, 5.41) is 6.89. The first kappa shape index (κ1) is 20.5. The van der Waals surface area contributed by atoms with E-state index in [0.717, 1.165) is 59.7 Å². The Morgan fingerprint density at radius 1 is 1.17 bits per heavy atom. The molecule has 1 fully saturated rings. The van der Waals surface area contributed by atoms with Gasteiger partial charge in [-0.15, -0.1) is 0 Å². The zero-order valence-corrected chi connectivity index (χ0v) is 18.4. The molecule has 7 heteroatoms. The van der Waals surface area contributed by atoms with Gasteiger partial charge in [-0.3, -0.25) is 9.13 Å². The van der Waals surface area contributed by atoms with E-state index in [1.807, 2.05) is 17.7 Å². The summed E-state index contributed by atoms with van der Waals surface area (Å²) < 4.78 is 3.68. The first-order valence-electron chi connectivity index (χ1n) is 10.8. The lowest BCUT2D eigenvalue weighted by Crippen LogP contribution is -2.24. The summed E-state index contributed by atoms with van der Waals surface area (Å²) in [7, 11) is 5.97. The molecule has 2 heterocycles. The minimum absolute atomic E-state index is 0.0557. The van der Waals surface area contributed by atoms with Crippen LogP contribution in [0.5, 0.6) is 0 Å². The summed E-state index contributed by atoms with van der Waals surface area (Å²) in [5.74, 6) is 0.760. The molecule has 3 aromatic rings. The number of rotatable bonds is 7. The van der Waals surface area contributed by atoms with Gasteiger partial charge in [-0.2, -0.15) is 0 Å². The highest BCUT2D eigenvalue weighted by atomic mass is 16.1. The molecule has 160 valence electrons. The molecular weight excluding hydrogens is 376 g/mol. The molecule has 4 rings (SSSR count). The molecule has 2 aromatic heterocycles. The summed E-state index contributed by atoms with van der Waals surface area (Å²) in [6.45, 7) is 3.99. The van der Waals surface area contributed by atoms with Gasteiger partial charge in [0.1, 0.15) is 5.82 Å². The number of benzene rings is 1. The number of fused-ring (bicyclic) bond motifs is 1. The average Bonchev–Trinajstić information content (AvgIpc) is 3.31. The molecule has 0 aliphatic heterocycles. The van der Waals surface area contributed by atoms with Crippen LogP contribution in [0.1, 0.15) is 37.3 Å². The molecule has 1 aromatic carbocycles. The van der Waals surface area contributed by atoms with Gasteiger partial charge < -0.3 is 15.5 Å². The fraction of sp³-hybridized carbons (Fsp3) is 0.478. The van der Waals surface area contributed by atoms with Gasteiger partial charge >= 0.3 is 5.69 Å². The minimum atomic E-state index is 0.0557. The van der Waals surface area contributed by atoms with Crippen molar-refractivity contribution in [3.63, 3.8) is 0 Å². The number of pyridine rings is 1. The second-order valence-corrected chi connectivity index (χ2v) is 8.59. The zero-order chi connectivity index (χ0) is 21.3. The summed E-state index contributed by atoms with van der Waals surface area (Å²) >= 11 is 0. The number of nitrogens with zero attached hydrogens (tertiary/aromatic N) is 4. The molecule has 0 amide bonds. The lowest BCUT2D eigenvalue weighted by molar-refractivity contribution is 0.425. The van der Waals surface area contributed by atoms with Crippen molar-refractivity contribution in [2.75, 3.05) is 37.8 Å². The Bertz CT molecular complexity index is 1090. The topological polar surface area (TPSA) is 67.1 Å². The van der Waals surface area contributed by atoms with Gasteiger partial charge in [-0.1, -0.05) is 12.8 Å². The normalized spacial score (nSPS) is 14.7. The predicted molar refractivity (Wildman–Crippen MR) is 124 cm³/mol. The maximum Gasteiger partial charge on any atom is 0.329 e. The van der Waals surface area contributed by atoms with Crippen LogP contribution in [0.2, 0.25) is 0 Å². The second kappa shape index (κ2) is 8.52. The second-order valence-electron chi connectivity index (χ2n) is 8.59. The maximum atomic E-state index is 12.8. The number of aromatic nitrogens is 3. The first-order chi connectivity index (χ1) is 14.4. The van der Waals surface area contributed by atoms with E-state index in [2.05, 4.69) is 59.7 Å². The van der Waals surface area contributed by atoms with E-state index in [4.69, 9.17) is 0 Å². The van der Waals surface area contributed by atoms with E-state index >= 15 is 0 Å². The smallest absolute Gasteiger partial charge is 0.329 e. The highest BCUT2D eigenvalue weighted by Gasteiger charge is 2.23. The van der Waals surface area contributed by atoms with E-state index in [9.17, 15) is 4.79 Å². The highest BCUT2D eigenvalue weighted by Crippen LogP contribution is 2.32. The maximum absolute atomic E-state index is 12.8. The molecule has 1 aliphatic carbocycles. The highest BCUT2D eigenvalue weighted by molar-refractivity contribution is 5.79. The van der Waals surface area contributed by atoms with Crippen molar-refractivity contribution in [1.82, 2.24) is 19.0 Å². The Morgan fingerprint density at radius 3 is 2.63 bits per heavy atom. The van der Waals surface area contributed by atoms with Crippen molar-refractivity contribution in [1.29, 1.82) is 0 Å². The van der Waals surface area contributed by atoms with Crippen LogP contribution in [0, 0.1) is 6.92 Å². The van der Waals surface area contributed by atoms with Crippen molar-refractivity contribution in [3.8, 4) is 0 Å². The van der Waals surface area contributed by atoms with Crippen LogP contribution in [-0.4, -0.2) is 46.2 Å². The molecule has 0 bridgehead atoms. The number of likely N-dealkylation sites (N-methyl/N-ethyl adjacent to an activating group) is 1. The lowest BCUT2D eigenvalue weighted by Gasteiger charge is -2.14. The number of nitrogens with one attached hydrogen (secondary N) is 2. The third kappa shape index (κ3) is 4.07. The van der Waals surface area contributed by atoms with Crippen molar-refractivity contribution >= 4 is 28.2 Å². The van der Waals surface area contributed by atoms with E-state index in [0.29, 0.717) is 6.04 Å². The molecule has 1 saturated carbocycles. The van der Waals surface area contributed by atoms with E-state index < -0.39 is 0 Å². The molecule has 0 atom stereocenters. The number of aryl methyl sites for hydroxylation is 2. The van der Waals surface area contributed by atoms with E-state index in [-0.39, 0.29) is 5.69 Å². The van der Waals surface area contributed by atoms with Crippen LogP contribution in [0.15, 0.2) is 35.3 Å². The fourth-order valence-corrected chi connectivity index (χ4v) is 4.32. The van der Waals surface area contributed by atoms with Gasteiger partial charge in [0.05, 0.1) is 17.2 Å². The van der Waals surface area contributed by atoms with Crippen LogP contribution < -0.4 is 16.3 Å². The minimum Gasteiger partial charge on any atom is -0.384 e. The largest absolute Gasteiger partial charge is 0.384 e. The lowest BCUT2D eigenvalue weighted by atomic mass is 10.1. The Hall–Kier alpha value is -2.80. The SMILES string of the molecule is Cc1cc(NCCN(C)C)ccc1Nc1cc2c(cn1)n(C)c(=O)n2C1CCCC1. The van der Waals surface area contributed by atoms with Crippen LogP contribution in [0.25, 0.3) is 11.0 Å². The van der Waals surface area contributed by atoms with Crippen LogP contribution in [-0.2, 0) is 7.05 Å². The van der Waals surface area contributed by atoms with Gasteiger partial charge in [0.15, 0.2) is 0 Å². The third-order valence-corrected chi connectivity index (χ3v) is 6.04. The Morgan fingerprint density at radius 2 is 1.93 bits per heavy atom. The average molecular weight is 409 g/mol. The molecule has 1 aliphatic rings. The Labute approximate surface area is 177 Å². The molecule has 30 heavy (non-hydrogen) atoms. The number of hydrogen-bond donors (Lipinski definition) is 2. The molecule has 0 spiro atoms. The summed E-state index contributed by atoms with van der Waals surface area (Å²) in [6, 6.07) is 8.62. The van der Waals surface area contributed by atoms with Crippen molar-refractivity contribution < 1.29 is 0 Å². The van der Waals surface area contributed by atoms with Gasteiger partial charge in [-0.25, -0.2) is 9.78 Å². The van der Waals surface area contributed by atoms with Gasteiger partial charge in [0.2, 0.25) is 0 Å². The van der Waals surface area contributed by atoms with Crippen molar-refractivity contribution in [3.05, 3.63) is 46.5 Å². The van der Waals surface area contributed by atoms with Gasteiger partial charge in [-0.05, 0) is 57.6 Å². The fourth-order valence-electron chi connectivity index (χ4n) is 4.32. The number of imidazole rings is 1. The van der Waals surface area contributed by atoms with Crippen molar-refractivity contribution in [2.45, 2.75) is 38.6 Å². The quantitative estimate of drug-likeness (QED) is 0.621. The number of anilines is 3. The van der Waals surface area contributed by atoms with Crippen molar-refractivity contribution in [2.24, 2.45) is 7.05 Å². The van der Waals surface area contributed by atoms with E-state index in [1.54, 1.807) is 10.8 Å². The van der Waals surface area contributed by atoms with Crippen LogP contribution in [0.4, 0.5) is 17.2 Å². The molecule has 0 saturated heterocycles. The van der Waals surface area contributed by atoms with Crippen LogP contribution in [0.3, 0.4) is 0 Å². The molecular formula is C23H32N6O. The first-order valence-corrected chi connectivity index (χ1v) is 10.8. The summed E-state index contributed by atoms with van der Waals surface area (Å²) in [5.41, 5.74) is 5.18. The monoisotopic (exact) mass is 408 g/mol. The number of hydrogen-bond acceptors (Lipinski definition) is 5. The third-order valence-electron chi connectivity index (χ3n) is 6.04. The standard InChI is InChI=1S/C23H32N6O/c1-16-13-17(24-11-12-27(2)3)9-10-19(16)26-22-14-20-21(15-25-22)28(4)23(30)29(20)18-7-5-6-8-18/h9-10,13-15,18,24H,5-8,11-12H2,1-4H3,(H,25,26). The Kier molecular flexibility index (Phi) is 5.81. The van der Waals surface area contributed by atoms with Gasteiger partial charge in [0, 0.05) is 43.6 Å². The predicted octanol–water partition coefficient (Wildman–Crippen LogP) is 3.88.